The normalized spacial score (nSPS) is 23.3. The van der Waals surface area contributed by atoms with E-state index in [2.05, 4.69) is 6.58 Å². The highest BCUT2D eigenvalue weighted by Crippen LogP contribution is 2.36. The van der Waals surface area contributed by atoms with E-state index in [1.807, 2.05) is 53.7 Å². The van der Waals surface area contributed by atoms with Crippen molar-refractivity contribution in [3.8, 4) is 0 Å². The fourth-order valence-corrected chi connectivity index (χ4v) is 5.34. The van der Waals surface area contributed by atoms with E-state index in [1.54, 1.807) is 4.90 Å². The van der Waals surface area contributed by atoms with Crippen LogP contribution in [0.1, 0.15) is 81.5 Å². The molecule has 0 unspecified atom stereocenters. The third-order valence-corrected chi connectivity index (χ3v) is 7.15. The first-order valence-corrected chi connectivity index (χ1v) is 13.1. The van der Waals surface area contributed by atoms with Crippen LogP contribution < -0.4 is 0 Å². The molecule has 7 nitrogen and oxygen atoms in total. The lowest BCUT2D eigenvalue weighted by atomic mass is 9.83. The Balaban J connectivity index is 1.50. The number of likely N-dealkylation sites (tertiary alicyclic amines) is 1. The number of amides is 1. The molecule has 2 aliphatic rings. The van der Waals surface area contributed by atoms with Crippen molar-refractivity contribution in [2.24, 2.45) is 0 Å². The quantitative estimate of drug-likeness (QED) is 0.423. The molecule has 1 amide bonds. The van der Waals surface area contributed by atoms with Crippen molar-refractivity contribution in [2.45, 2.75) is 103 Å². The Kier molecular flexibility index (Phi) is 8.88. The molecule has 3 rings (SSSR count). The van der Waals surface area contributed by atoms with Crippen LogP contribution in [0, 0.1) is 20.8 Å². The van der Waals surface area contributed by atoms with Gasteiger partial charge in [0.1, 0.15) is 11.2 Å². The van der Waals surface area contributed by atoms with Crippen LogP contribution in [0.5, 0.6) is 0 Å². The maximum Gasteiger partial charge on any atom is 0.410 e. The van der Waals surface area contributed by atoms with Crippen LogP contribution in [-0.2, 0) is 19.0 Å². The number of nitrogens with zero attached hydrogens (tertiary/aromatic N) is 1. The molecule has 0 bridgehead atoms. The van der Waals surface area contributed by atoms with Crippen molar-refractivity contribution >= 4 is 17.6 Å². The number of hydrogen-bond acceptors (Lipinski definition) is 6. The van der Waals surface area contributed by atoms with Gasteiger partial charge in [-0.3, -0.25) is 0 Å². The first-order chi connectivity index (χ1) is 16.8. The smallest absolute Gasteiger partial charge is 0.410 e. The van der Waals surface area contributed by atoms with Crippen molar-refractivity contribution in [2.75, 3.05) is 19.7 Å². The summed E-state index contributed by atoms with van der Waals surface area (Å²) < 4.78 is 17.7. The minimum atomic E-state index is -0.910. The van der Waals surface area contributed by atoms with Crippen molar-refractivity contribution < 1.29 is 28.9 Å². The second-order valence-electron chi connectivity index (χ2n) is 11.5. The zero-order valence-electron chi connectivity index (χ0n) is 22.8. The molecule has 1 aromatic rings. The SMILES string of the molecule is C=C(C(=O)OC1(CO)CCC(OC2CCN(C(=O)OC(C)(C)C)CC2)CC1)c1c(C)cc(C)cc1C. The summed E-state index contributed by atoms with van der Waals surface area (Å²) in [6.45, 7) is 16.6. The number of aliphatic hydroxyl groups is 1. The van der Waals surface area contributed by atoms with Crippen molar-refractivity contribution in [1.29, 1.82) is 0 Å². The van der Waals surface area contributed by atoms with Crippen molar-refractivity contribution in [1.82, 2.24) is 4.90 Å². The standard InChI is InChI=1S/C29H43NO6/c1-19-16-20(2)25(21(3)17-19)22(4)26(32)35-29(18-31)12-8-23(9-13-29)34-24-10-14-30(15-11-24)27(33)36-28(5,6)7/h16-17,23-24,31H,4,8-15,18H2,1-3,5-7H3. The molecule has 1 saturated carbocycles. The summed E-state index contributed by atoms with van der Waals surface area (Å²) in [5.74, 6) is -0.479. The number of ether oxygens (including phenoxy) is 3. The lowest BCUT2D eigenvalue weighted by Crippen LogP contribution is -2.46. The number of carbonyl (C=O) groups is 2. The largest absolute Gasteiger partial charge is 0.453 e. The predicted molar refractivity (Wildman–Crippen MR) is 140 cm³/mol. The van der Waals surface area contributed by atoms with E-state index in [9.17, 15) is 14.7 Å². The molecule has 7 heteroatoms. The molecule has 1 N–H and O–H groups in total. The first-order valence-electron chi connectivity index (χ1n) is 13.1. The Morgan fingerprint density at radius 3 is 2.06 bits per heavy atom. The van der Waals surface area contributed by atoms with Gasteiger partial charge in [0.2, 0.25) is 0 Å². The molecule has 1 saturated heterocycles. The fourth-order valence-electron chi connectivity index (χ4n) is 5.34. The van der Waals surface area contributed by atoms with Gasteiger partial charge < -0.3 is 24.2 Å². The van der Waals surface area contributed by atoms with Gasteiger partial charge in [0.25, 0.3) is 0 Å². The fraction of sp³-hybridized carbons (Fsp3) is 0.655. The summed E-state index contributed by atoms with van der Waals surface area (Å²) in [6, 6.07) is 4.06. The Morgan fingerprint density at radius 1 is 1.03 bits per heavy atom. The van der Waals surface area contributed by atoms with Crippen molar-refractivity contribution in [3.63, 3.8) is 0 Å². The summed E-state index contributed by atoms with van der Waals surface area (Å²) in [4.78, 5) is 27.1. The van der Waals surface area contributed by atoms with Crippen LogP contribution in [0.4, 0.5) is 4.79 Å². The van der Waals surface area contributed by atoms with E-state index in [0.29, 0.717) is 44.3 Å². The van der Waals surface area contributed by atoms with E-state index in [-0.39, 0.29) is 24.9 Å². The Hall–Kier alpha value is -2.38. The third-order valence-electron chi connectivity index (χ3n) is 7.15. The average molecular weight is 502 g/mol. The van der Waals surface area contributed by atoms with Gasteiger partial charge in [0.15, 0.2) is 0 Å². The second kappa shape index (κ2) is 11.3. The number of piperidine rings is 1. The number of hydrogen-bond donors (Lipinski definition) is 1. The number of rotatable bonds is 6. The van der Waals surface area contributed by atoms with Gasteiger partial charge in [-0.05, 0) is 96.8 Å². The molecular weight excluding hydrogens is 458 g/mol. The lowest BCUT2D eigenvalue weighted by molar-refractivity contribution is -0.168. The molecule has 0 aromatic heterocycles. The highest BCUT2D eigenvalue weighted by atomic mass is 16.6. The second-order valence-corrected chi connectivity index (χ2v) is 11.5. The number of aliphatic hydroxyl groups excluding tert-OH is 1. The molecule has 1 heterocycles. The Morgan fingerprint density at radius 2 is 1.56 bits per heavy atom. The Bertz CT molecular complexity index is 939. The van der Waals surface area contributed by atoms with Gasteiger partial charge in [-0.25, -0.2) is 9.59 Å². The summed E-state index contributed by atoms with van der Waals surface area (Å²) in [6.07, 6.45) is 3.88. The minimum absolute atomic E-state index is 0.0474. The predicted octanol–water partition coefficient (Wildman–Crippen LogP) is 5.26. The molecule has 0 spiro atoms. The zero-order chi connectivity index (χ0) is 26.7. The molecule has 1 aliphatic carbocycles. The molecule has 1 aromatic carbocycles. The third kappa shape index (κ3) is 7.10. The van der Waals surface area contributed by atoms with Gasteiger partial charge in [0.05, 0.1) is 24.4 Å². The molecule has 1 aliphatic heterocycles. The molecule has 0 radical (unpaired) electrons. The summed E-state index contributed by atoms with van der Waals surface area (Å²) in [5.41, 5.74) is 2.84. The topological polar surface area (TPSA) is 85.3 Å². The van der Waals surface area contributed by atoms with E-state index >= 15 is 0 Å². The van der Waals surface area contributed by atoms with Crippen LogP contribution in [-0.4, -0.2) is 65.2 Å². The summed E-state index contributed by atoms with van der Waals surface area (Å²) >= 11 is 0. The van der Waals surface area contributed by atoms with E-state index in [0.717, 1.165) is 35.1 Å². The van der Waals surface area contributed by atoms with E-state index in [4.69, 9.17) is 14.2 Å². The monoisotopic (exact) mass is 501 g/mol. The van der Waals surface area contributed by atoms with Crippen molar-refractivity contribution in [3.05, 3.63) is 41.0 Å². The molecular formula is C29H43NO6. The van der Waals surface area contributed by atoms with E-state index < -0.39 is 17.2 Å². The molecule has 200 valence electrons. The van der Waals surface area contributed by atoms with Gasteiger partial charge in [-0.1, -0.05) is 24.3 Å². The molecule has 0 atom stereocenters. The van der Waals surface area contributed by atoms with Gasteiger partial charge in [-0.2, -0.15) is 0 Å². The minimum Gasteiger partial charge on any atom is -0.453 e. The van der Waals surface area contributed by atoms with Gasteiger partial charge >= 0.3 is 12.1 Å². The maximum atomic E-state index is 13.0. The van der Waals surface area contributed by atoms with Gasteiger partial charge in [-0.15, -0.1) is 0 Å². The van der Waals surface area contributed by atoms with Crippen LogP contribution >= 0.6 is 0 Å². The number of benzene rings is 1. The van der Waals surface area contributed by atoms with Crippen LogP contribution in [0.3, 0.4) is 0 Å². The highest BCUT2D eigenvalue weighted by Gasteiger charge is 2.40. The molecule has 36 heavy (non-hydrogen) atoms. The van der Waals surface area contributed by atoms with Crippen LogP contribution in [0.25, 0.3) is 5.57 Å². The Labute approximate surface area is 215 Å². The maximum absolute atomic E-state index is 13.0. The van der Waals surface area contributed by atoms with Crippen LogP contribution in [0.15, 0.2) is 18.7 Å². The summed E-state index contributed by atoms with van der Waals surface area (Å²) in [5, 5.41) is 10.2. The number of esters is 1. The number of aryl methyl sites for hydroxylation is 3. The van der Waals surface area contributed by atoms with E-state index in [1.165, 1.54) is 0 Å². The lowest BCUT2D eigenvalue weighted by Gasteiger charge is -2.40. The molecule has 2 fully saturated rings. The number of carbonyl (C=O) groups excluding carboxylic acids is 2. The van der Waals surface area contributed by atoms with Crippen LogP contribution in [0.2, 0.25) is 0 Å². The summed E-state index contributed by atoms with van der Waals surface area (Å²) in [7, 11) is 0. The zero-order valence-corrected chi connectivity index (χ0v) is 22.8. The first kappa shape index (κ1) is 28.2. The van der Waals surface area contributed by atoms with Gasteiger partial charge in [0, 0.05) is 13.1 Å². The highest BCUT2D eigenvalue weighted by molar-refractivity contribution is 6.16. The average Bonchev–Trinajstić information content (AvgIpc) is 2.79.